The number of nitrogens with zero attached hydrogens (tertiary/aromatic N) is 1. The molecule has 37 heavy (non-hydrogen) atoms. The van der Waals surface area contributed by atoms with Crippen molar-refractivity contribution in [1.29, 1.82) is 0 Å². The van der Waals surface area contributed by atoms with Gasteiger partial charge < -0.3 is 4.74 Å². The summed E-state index contributed by atoms with van der Waals surface area (Å²) in [4.78, 5) is 14.3. The quantitative estimate of drug-likeness (QED) is 0.454. The van der Waals surface area contributed by atoms with E-state index in [1.165, 1.54) is 24.3 Å². The molecule has 11 heteroatoms. The number of carbonyl (C=O) groups is 1. The molecule has 0 bridgehead atoms. The third-order valence-corrected chi connectivity index (χ3v) is 7.77. The van der Waals surface area contributed by atoms with E-state index in [-0.39, 0.29) is 43.6 Å². The molecule has 1 heterocycles. The number of hydrogen-bond donors (Lipinski definition) is 1. The number of sulfonamides is 1. The topological polar surface area (TPSA) is 75.7 Å². The van der Waals surface area contributed by atoms with Crippen LogP contribution < -0.4 is 4.72 Å². The standard InChI is InChI=1S/C26H30ClF3N2O4S/c1-16(18-9-20(27)12-21(28)10-18)32-7-5-26(30,6-8-32)15-36-14-19-11-24(29)23(13-22(19)17-3-4-17)25(33)31-37(2,34)35/h9-13,16-17H,3-8,14-15H2,1-2H3,(H,31,33). The fourth-order valence-corrected chi connectivity index (χ4v) is 5.43. The van der Waals surface area contributed by atoms with Crippen molar-refractivity contribution in [3.05, 3.63) is 69.2 Å². The summed E-state index contributed by atoms with van der Waals surface area (Å²) in [6, 6.07) is 6.81. The lowest BCUT2D eigenvalue weighted by atomic mass is 9.92. The van der Waals surface area contributed by atoms with Crippen molar-refractivity contribution in [2.24, 2.45) is 0 Å². The van der Waals surface area contributed by atoms with E-state index in [2.05, 4.69) is 4.90 Å². The van der Waals surface area contributed by atoms with Crippen molar-refractivity contribution in [2.45, 2.75) is 56.8 Å². The van der Waals surface area contributed by atoms with Crippen molar-refractivity contribution in [1.82, 2.24) is 9.62 Å². The highest BCUT2D eigenvalue weighted by Crippen LogP contribution is 2.43. The van der Waals surface area contributed by atoms with Crippen LogP contribution in [0.1, 0.15) is 71.6 Å². The van der Waals surface area contributed by atoms with E-state index < -0.39 is 33.2 Å². The van der Waals surface area contributed by atoms with Gasteiger partial charge in [-0.25, -0.2) is 26.3 Å². The van der Waals surface area contributed by atoms with Crippen LogP contribution in [0.3, 0.4) is 0 Å². The highest BCUT2D eigenvalue weighted by atomic mass is 35.5. The van der Waals surface area contributed by atoms with E-state index in [1.807, 2.05) is 6.92 Å². The molecule has 2 fully saturated rings. The molecule has 4 rings (SSSR count). The monoisotopic (exact) mass is 558 g/mol. The number of hydrogen-bond acceptors (Lipinski definition) is 5. The first-order chi connectivity index (χ1) is 17.3. The van der Waals surface area contributed by atoms with Crippen molar-refractivity contribution in [3.8, 4) is 0 Å². The van der Waals surface area contributed by atoms with Gasteiger partial charge in [-0.05, 0) is 85.5 Å². The Bertz CT molecular complexity index is 1260. The second-order valence-corrected chi connectivity index (χ2v) is 12.3. The number of alkyl halides is 1. The zero-order chi connectivity index (χ0) is 27.0. The van der Waals surface area contributed by atoms with Gasteiger partial charge >= 0.3 is 0 Å². The predicted octanol–water partition coefficient (Wildman–Crippen LogP) is 5.27. The van der Waals surface area contributed by atoms with E-state index in [0.29, 0.717) is 29.2 Å². The third-order valence-electron chi connectivity index (χ3n) is 7.00. The average Bonchev–Trinajstić information content (AvgIpc) is 3.62. The lowest BCUT2D eigenvalue weighted by Gasteiger charge is -2.39. The van der Waals surface area contributed by atoms with Crippen molar-refractivity contribution < 1.29 is 31.1 Å². The molecular weight excluding hydrogens is 529 g/mol. The molecule has 1 atom stereocenters. The fourth-order valence-electron chi connectivity index (χ4n) is 4.76. The van der Waals surface area contributed by atoms with Gasteiger partial charge in [-0.15, -0.1) is 0 Å². The molecule has 2 aliphatic rings. The second-order valence-electron chi connectivity index (χ2n) is 10.1. The minimum Gasteiger partial charge on any atom is -0.373 e. The molecule has 1 aliphatic carbocycles. The molecule has 1 N–H and O–H groups in total. The molecular formula is C26H30ClF3N2O4S. The molecule has 0 radical (unpaired) electrons. The molecule has 202 valence electrons. The van der Waals surface area contributed by atoms with Gasteiger partial charge in [-0.2, -0.15) is 0 Å². The minimum absolute atomic E-state index is 0.0235. The average molecular weight is 559 g/mol. The number of carbonyl (C=O) groups excluding carboxylic acids is 1. The Morgan fingerprint density at radius 3 is 2.46 bits per heavy atom. The smallest absolute Gasteiger partial charge is 0.267 e. The number of rotatable bonds is 9. The summed E-state index contributed by atoms with van der Waals surface area (Å²) in [7, 11) is -3.84. The van der Waals surface area contributed by atoms with Crippen LogP contribution in [0.15, 0.2) is 30.3 Å². The van der Waals surface area contributed by atoms with Crippen LogP contribution in [0.25, 0.3) is 0 Å². The van der Waals surface area contributed by atoms with Gasteiger partial charge in [0.15, 0.2) is 0 Å². The van der Waals surface area contributed by atoms with Gasteiger partial charge in [0.1, 0.15) is 17.3 Å². The Morgan fingerprint density at radius 2 is 1.86 bits per heavy atom. The summed E-state index contributed by atoms with van der Waals surface area (Å²) in [6.07, 6.45) is 3.01. The molecule has 2 aromatic rings. The number of halogens is 4. The summed E-state index contributed by atoms with van der Waals surface area (Å²) < 4.78 is 74.2. The van der Waals surface area contributed by atoms with Gasteiger partial charge in [-0.3, -0.25) is 9.69 Å². The van der Waals surface area contributed by atoms with Crippen molar-refractivity contribution >= 4 is 27.5 Å². The third kappa shape index (κ3) is 7.25. The maximum Gasteiger partial charge on any atom is 0.267 e. The van der Waals surface area contributed by atoms with E-state index in [4.69, 9.17) is 16.3 Å². The van der Waals surface area contributed by atoms with Crippen LogP contribution in [0.2, 0.25) is 5.02 Å². The number of ether oxygens (including phenoxy) is 1. The summed E-state index contributed by atoms with van der Waals surface area (Å²) in [6.45, 7) is 2.66. The highest BCUT2D eigenvalue weighted by Gasteiger charge is 2.37. The molecule has 1 saturated carbocycles. The molecule has 6 nitrogen and oxygen atoms in total. The maximum absolute atomic E-state index is 15.5. The lowest BCUT2D eigenvalue weighted by Crippen LogP contribution is -2.45. The van der Waals surface area contributed by atoms with Gasteiger partial charge in [0.2, 0.25) is 10.0 Å². The Kier molecular flexibility index (Phi) is 8.23. The van der Waals surface area contributed by atoms with Gasteiger partial charge in [0.05, 0.1) is 25.0 Å². The van der Waals surface area contributed by atoms with Crippen LogP contribution in [0.4, 0.5) is 13.2 Å². The van der Waals surface area contributed by atoms with Crippen LogP contribution >= 0.6 is 11.6 Å². The highest BCUT2D eigenvalue weighted by molar-refractivity contribution is 7.89. The Morgan fingerprint density at radius 1 is 1.19 bits per heavy atom. The minimum atomic E-state index is -3.84. The normalized spacial score (nSPS) is 19.0. The van der Waals surface area contributed by atoms with E-state index in [0.717, 1.165) is 24.7 Å². The Hall–Kier alpha value is -2.14. The van der Waals surface area contributed by atoms with Crippen molar-refractivity contribution in [3.63, 3.8) is 0 Å². The lowest BCUT2D eigenvalue weighted by molar-refractivity contribution is -0.0367. The SMILES string of the molecule is CC(c1cc(F)cc(Cl)c1)N1CCC(F)(COCc2cc(F)c(C(=O)NS(C)(=O)=O)cc2C2CC2)CC1. The van der Waals surface area contributed by atoms with E-state index in [1.54, 1.807) is 10.8 Å². The molecule has 1 saturated heterocycles. The van der Waals surface area contributed by atoms with E-state index in [9.17, 15) is 22.0 Å². The van der Waals surface area contributed by atoms with Crippen LogP contribution in [0.5, 0.6) is 0 Å². The number of piperidine rings is 1. The summed E-state index contributed by atoms with van der Waals surface area (Å²) in [5.41, 5.74) is 0.0672. The van der Waals surface area contributed by atoms with Gasteiger partial charge in [0, 0.05) is 24.2 Å². The zero-order valence-corrected chi connectivity index (χ0v) is 22.3. The van der Waals surface area contributed by atoms with Crippen LogP contribution in [-0.2, 0) is 21.4 Å². The maximum atomic E-state index is 15.5. The van der Waals surface area contributed by atoms with Crippen molar-refractivity contribution in [2.75, 3.05) is 26.0 Å². The fraction of sp³-hybridized carbons (Fsp3) is 0.500. The predicted molar refractivity (Wildman–Crippen MR) is 135 cm³/mol. The summed E-state index contributed by atoms with van der Waals surface area (Å²) in [5.74, 6) is -2.17. The Balaban J connectivity index is 1.36. The molecule has 1 amide bonds. The molecule has 1 aliphatic heterocycles. The number of amides is 1. The van der Waals surface area contributed by atoms with Gasteiger partial charge in [-0.1, -0.05) is 11.6 Å². The second kappa shape index (κ2) is 10.9. The number of benzene rings is 2. The first-order valence-corrected chi connectivity index (χ1v) is 14.4. The van der Waals surface area contributed by atoms with Gasteiger partial charge in [0.25, 0.3) is 5.91 Å². The van der Waals surface area contributed by atoms with E-state index >= 15 is 4.39 Å². The summed E-state index contributed by atoms with van der Waals surface area (Å²) in [5, 5.41) is 0.318. The number of nitrogens with one attached hydrogen (secondary N) is 1. The van der Waals surface area contributed by atoms with Crippen LogP contribution in [-0.4, -0.2) is 50.8 Å². The zero-order valence-electron chi connectivity index (χ0n) is 20.7. The van der Waals surface area contributed by atoms with Crippen LogP contribution in [0, 0.1) is 11.6 Å². The largest absolute Gasteiger partial charge is 0.373 e. The molecule has 2 aromatic carbocycles. The number of likely N-dealkylation sites (tertiary alicyclic amines) is 1. The Labute approximate surface area is 220 Å². The first kappa shape index (κ1) is 27.9. The first-order valence-electron chi connectivity index (χ1n) is 12.1. The molecule has 0 aromatic heterocycles. The molecule has 1 unspecified atom stereocenters. The molecule has 0 spiro atoms. The summed E-state index contributed by atoms with van der Waals surface area (Å²) >= 11 is 5.98.